The van der Waals surface area contributed by atoms with Gasteiger partial charge in [-0.05, 0) is 25.0 Å². The van der Waals surface area contributed by atoms with Gasteiger partial charge in [-0.15, -0.1) is 0 Å². The summed E-state index contributed by atoms with van der Waals surface area (Å²) in [6.45, 7) is 2.91. The summed E-state index contributed by atoms with van der Waals surface area (Å²) in [7, 11) is 0. The van der Waals surface area contributed by atoms with E-state index in [0.29, 0.717) is 0 Å². The van der Waals surface area contributed by atoms with Gasteiger partial charge in [0.15, 0.2) is 0 Å². The molecule has 84 valence electrons. The second-order valence-corrected chi connectivity index (χ2v) is 3.46. The normalized spacial score (nSPS) is 10.2. The van der Waals surface area contributed by atoms with E-state index in [-0.39, 0.29) is 6.61 Å². The molecule has 15 heavy (non-hydrogen) atoms. The lowest BCUT2D eigenvalue weighted by atomic mass is 10.3. The first-order chi connectivity index (χ1) is 7.43. The van der Waals surface area contributed by atoms with Crippen LogP contribution >= 0.6 is 0 Å². The fraction of sp³-hybridized carbons (Fsp3) is 0.500. The van der Waals surface area contributed by atoms with E-state index in [1.807, 2.05) is 30.3 Å². The molecule has 0 aliphatic carbocycles. The Bertz CT molecular complexity index is 239. The van der Waals surface area contributed by atoms with E-state index in [2.05, 4.69) is 5.32 Å². The molecule has 0 aliphatic heterocycles. The Hall–Kier alpha value is -1.06. The lowest BCUT2D eigenvalue weighted by molar-refractivity contribution is -0.656. The second-order valence-electron chi connectivity index (χ2n) is 3.46. The van der Waals surface area contributed by atoms with Crippen LogP contribution in [0.25, 0.3) is 0 Å². The molecule has 0 aliphatic rings. The number of aliphatic hydroxyl groups excluding tert-OH is 1. The van der Waals surface area contributed by atoms with Crippen molar-refractivity contribution in [3.05, 3.63) is 30.3 Å². The summed E-state index contributed by atoms with van der Waals surface area (Å²) in [5, 5.41) is 10.7. The van der Waals surface area contributed by atoms with Crippen LogP contribution in [0.4, 0.5) is 0 Å². The molecular weight excluding hydrogens is 190 g/mol. The van der Waals surface area contributed by atoms with Crippen LogP contribution in [0.2, 0.25) is 0 Å². The minimum atomic E-state index is 0.264. The van der Waals surface area contributed by atoms with E-state index in [4.69, 9.17) is 9.84 Å². The number of hydrogen-bond acceptors (Lipinski definition) is 2. The molecule has 0 saturated carbocycles. The number of quaternary nitrogens is 1. The van der Waals surface area contributed by atoms with Crippen molar-refractivity contribution in [2.75, 3.05) is 26.3 Å². The lowest BCUT2D eigenvalue weighted by Crippen LogP contribution is -2.85. The van der Waals surface area contributed by atoms with Gasteiger partial charge in [-0.25, -0.2) is 0 Å². The van der Waals surface area contributed by atoms with E-state index in [1.54, 1.807) is 0 Å². The summed E-state index contributed by atoms with van der Waals surface area (Å²) < 4.78 is 5.55. The van der Waals surface area contributed by atoms with Crippen molar-refractivity contribution in [2.24, 2.45) is 0 Å². The Morgan fingerprint density at radius 2 is 1.87 bits per heavy atom. The Morgan fingerprint density at radius 1 is 1.07 bits per heavy atom. The highest BCUT2D eigenvalue weighted by Crippen LogP contribution is 2.08. The molecule has 1 rings (SSSR count). The molecule has 3 heteroatoms. The maximum atomic E-state index is 8.56. The third-order valence-corrected chi connectivity index (χ3v) is 2.15. The minimum absolute atomic E-state index is 0.264. The standard InChI is InChI=1S/C12H19NO2/c14-10-9-13-8-4-5-11-15-12-6-2-1-3-7-12/h1-3,6-7,13-14H,4-5,8-11H2/p+1. The van der Waals surface area contributed by atoms with Gasteiger partial charge in [-0.3, -0.25) is 0 Å². The molecule has 0 unspecified atom stereocenters. The van der Waals surface area contributed by atoms with Crippen LogP contribution < -0.4 is 10.1 Å². The number of benzene rings is 1. The number of ether oxygens (including phenoxy) is 1. The fourth-order valence-corrected chi connectivity index (χ4v) is 1.33. The Morgan fingerprint density at radius 3 is 2.60 bits per heavy atom. The number of nitrogens with two attached hydrogens (primary N) is 1. The highest BCUT2D eigenvalue weighted by Gasteiger charge is 1.93. The monoisotopic (exact) mass is 210 g/mol. The van der Waals surface area contributed by atoms with Gasteiger partial charge < -0.3 is 15.2 Å². The Kier molecular flexibility index (Phi) is 6.62. The third-order valence-electron chi connectivity index (χ3n) is 2.15. The molecule has 3 nitrogen and oxygen atoms in total. The molecule has 3 N–H and O–H groups in total. The lowest BCUT2D eigenvalue weighted by Gasteiger charge is -2.04. The molecular formula is C12H20NO2+. The number of rotatable bonds is 8. The molecule has 0 fully saturated rings. The predicted octanol–water partition coefficient (Wildman–Crippen LogP) is 0.401. The molecule has 0 aromatic heterocycles. The first kappa shape index (κ1) is 12.0. The third kappa shape index (κ3) is 6.10. The maximum Gasteiger partial charge on any atom is 0.119 e. The highest BCUT2D eigenvalue weighted by atomic mass is 16.5. The van der Waals surface area contributed by atoms with Gasteiger partial charge in [0.25, 0.3) is 0 Å². The molecule has 0 spiro atoms. The van der Waals surface area contributed by atoms with Crippen molar-refractivity contribution in [1.82, 2.24) is 0 Å². The summed E-state index contributed by atoms with van der Waals surface area (Å²) in [5.41, 5.74) is 0. The zero-order valence-corrected chi connectivity index (χ0v) is 9.06. The second kappa shape index (κ2) is 8.26. The number of aliphatic hydroxyl groups is 1. The number of para-hydroxylation sites is 1. The highest BCUT2D eigenvalue weighted by molar-refractivity contribution is 5.20. The zero-order valence-electron chi connectivity index (χ0n) is 9.06. The van der Waals surface area contributed by atoms with Gasteiger partial charge >= 0.3 is 0 Å². The smallest absolute Gasteiger partial charge is 0.119 e. The van der Waals surface area contributed by atoms with E-state index in [0.717, 1.165) is 38.3 Å². The van der Waals surface area contributed by atoms with Gasteiger partial charge in [-0.1, -0.05) is 18.2 Å². The molecule has 1 aromatic rings. The Labute approximate surface area is 91.1 Å². The average molecular weight is 210 g/mol. The van der Waals surface area contributed by atoms with Crippen molar-refractivity contribution in [3.8, 4) is 5.75 Å². The van der Waals surface area contributed by atoms with E-state index < -0.39 is 0 Å². The van der Waals surface area contributed by atoms with Crippen LogP contribution in [0.15, 0.2) is 30.3 Å². The maximum absolute atomic E-state index is 8.56. The summed E-state index contributed by atoms with van der Waals surface area (Å²) >= 11 is 0. The summed E-state index contributed by atoms with van der Waals surface area (Å²) in [5.74, 6) is 0.942. The van der Waals surface area contributed by atoms with Crippen molar-refractivity contribution < 1.29 is 15.2 Å². The first-order valence-corrected chi connectivity index (χ1v) is 5.54. The number of hydrogen-bond donors (Lipinski definition) is 2. The van der Waals surface area contributed by atoms with Gasteiger partial charge in [0.2, 0.25) is 0 Å². The molecule has 0 saturated heterocycles. The average Bonchev–Trinajstić information content (AvgIpc) is 2.29. The fourth-order valence-electron chi connectivity index (χ4n) is 1.33. The summed E-state index contributed by atoms with van der Waals surface area (Å²) in [6.07, 6.45) is 2.20. The summed E-state index contributed by atoms with van der Waals surface area (Å²) in [4.78, 5) is 0. The van der Waals surface area contributed by atoms with Crippen LogP contribution in [0.1, 0.15) is 12.8 Å². The zero-order chi connectivity index (χ0) is 10.8. The largest absolute Gasteiger partial charge is 0.494 e. The van der Waals surface area contributed by atoms with Crippen molar-refractivity contribution >= 4 is 0 Å². The van der Waals surface area contributed by atoms with Crippen molar-refractivity contribution in [1.29, 1.82) is 0 Å². The van der Waals surface area contributed by atoms with E-state index >= 15 is 0 Å². The molecule has 0 amide bonds. The predicted molar refractivity (Wildman–Crippen MR) is 59.9 cm³/mol. The van der Waals surface area contributed by atoms with E-state index in [1.165, 1.54) is 0 Å². The van der Waals surface area contributed by atoms with Gasteiger partial charge in [0.1, 0.15) is 5.75 Å². The van der Waals surface area contributed by atoms with Crippen molar-refractivity contribution in [2.45, 2.75) is 12.8 Å². The van der Waals surface area contributed by atoms with E-state index in [9.17, 15) is 0 Å². The first-order valence-electron chi connectivity index (χ1n) is 5.54. The Balaban J connectivity index is 1.93. The molecule has 0 atom stereocenters. The summed E-state index contributed by atoms with van der Waals surface area (Å²) in [6, 6.07) is 9.88. The van der Waals surface area contributed by atoms with Crippen LogP contribution in [-0.2, 0) is 0 Å². The SMILES string of the molecule is OCC[NH2+]CCCCOc1ccccc1. The van der Waals surface area contributed by atoms with Crippen LogP contribution in [-0.4, -0.2) is 31.4 Å². The van der Waals surface area contributed by atoms with Crippen LogP contribution in [0.5, 0.6) is 5.75 Å². The molecule has 0 heterocycles. The van der Waals surface area contributed by atoms with Gasteiger partial charge in [0.05, 0.1) is 26.3 Å². The van der Waals surface area contributed by atoms with Gasteiger partial charge in [-0.2, -0.15) is 0 Å². The van der Waals surface area contributed by atoms with Crippen LogP contribution in [0.3, 0.4) is 0 Å². The number of unbranched alkanes of at least 4 members (excludes halogenated alkanes) is 1. The quantitative estimate of drug-likeness (QED) is 0.610. The minimum Gasteiger partial charge on any atom is -0.494 e. The van der Waals surface area contributed by atoms with Crippen LogP contribution in [0, 0.1) is 0 Å². The molecule has 0 bridgehead atoms. The van der Waals surface area contributed by atoms with Crippen molar-refractivity contribution in [3.63, 3.8) is 0 Å². The van der Waals surface area contributed by atoms with Gasteiger partial charge in [0, 0.05) is 0 Å². The molecule has 1 aromatic carbocycles. The molecule has 0 radical (unpaired) electrons. The topological polar surface area (TPSA) is 46.1 Å².